The van der Waals surface area contributed by atoms with Crippen LogP contribution >= 0.6 is 0 Å². The van der Waals surface area contributed by atoms with Crippen LogP contribution in [0.2, 0.25) is 0 Å². The summed E-state index contributed by atoms with van der Waals surface area (Å²) >= 11 is 0. The van der Waals surface area contributed by atoms with Gasteiger partial charge in [-0.05, 0) is 0 Å². The maximum atomic E-state index is 11.9. The van der Waals surface area contributed by atoms with Gasteiger partial charge in [-0.2, -0.15) is 0 Å². The maximum absolute atomic E-state index is 11.9. The Balaban J connectivity index is 2.30. The van der Waals surface area contributed by atoms with Crippen molar-refractivity contribution in [2.24, 2.45) is 0 Å². The molecule has 3 N–H and O–H groups in total. The Bertz CT molecular complexity index is 466. The van der Waals surface area contributed by atoms with Crippen LogP contribution in [0, 0.1) is 0 Å². The second-order valence-corrected chi connectivity index (χ2v) is 5.66. The number of hydrogen-bond acceptors (Lipinski definition) is 5. The van der Waals surface area contributed by atoms with Crippen molar-refractivity contribution >= 4 is 11.8 Å². The number of urea groups is 1. The largest absolute Gasteiger partial charge is 0.394 e. The zero-order valence-electron chi connectivity index (χ0n) is 11.3. The number of carbonyl (C=O) groups excluding carboxylic acids is 1. The SMILES string of the molecule is CC(C)(C)c1cc(N2C(=O)NC(CO)C2CO)no1. The molecule has 0 saturated carbocycles. The number of anilines is 1. The molecule has 2 amide bonds. The molecule has 1 saturated heterocycles. The lowest BCUT2D eigenvalue weighted by Gasteiger charge is -2.21. The van der Waals surface area contributed by atoms with Crippen molar-refractivity contribution in [3.63, 3.8) is 0 Å². The summed E-state index contributed by atoms with van der Waals surface area (Å²) in [5.41, 5.74) is -0.216. The van der Waals surface area contributed by atoms with E-state index in [2.05, 4.69) is 10.5 Å². The number of aromatic nitrogens is 1. The molecular weight excluding hydrogens is 250 g/mol. The van der Waals surface area contributed by atoms with Gasteiger partial charge in [0.05, 0.1) is 25.3 Å². The number of nitrogens with one attached hydrogen (secondary N) is 1. The van der Waals surface area contributed by atoms with Crippen LogP contribution in [0.3, 0.4) is 0 Å². The molecule has 0 bridgehead atoms. The first-order valence-electron chi connectivity index (χ1n) is 6.17. The Kier molecular flexibility index (Phi) is 3.51. The molecule has 1 fully saturated rings. The number of aliphatic hydroxyl groups excluding tert-OH is 2. The first-order valence-corrected chi connectivity index (χ1v) is 6.17. The Morgan fingerprint density at radius 1 is 1.42 bits per heavy atom. The van der Waals surface area contributed by atoms with Crippen LogP contribution in [0.4, 0.5) is 10.6 Å². The molecule has 2 atom stereocenters. The maximum Gasteiger partial charge on any atom is 0.323 e. The van der Waals surface area contributed by atoms with Crippen molar-refractivity contribution in [2.45, 2.75) is 38.3 Å². The summed E-state index contributed by atoms with van der Waals surface area (Å²) in [7, 11) is 0. The average Bonchev–Trinajstić information content (AvgIpc) is 2.91. The fourth-order valence-corrected chi connectivity index (χ4v) is 2.04. The van der Waals surface area contributed by atoms with E-state index in [1.54, 1.807) is 6.07 Å². The average molecular weight is 269 g/mol. The highest BCUT2D eigenvalue weighted by Crippen LogP contribution is 2.28. The van der Waals surface area contributed by atoms with E-state index in [0.717, 1.165) is 0 Å². The molecule has 2 unspecified atom stereocenters. The van der Waals surface area contributed by atoms with E-state index in [1.807, 2.05) is 20.8 Å². The minimum absolute atomic E-state index is 0.216. The Morgan fingerprint density at radius 3 is 2.58 bits per heavy atom. The van der Waals surface area contributed by atoms with Gasteiger partial charge in [0, 0.05) is 11.5 Å². The van der Waals surface area contributed by atoms with Gasteiger partial charge < -0.3 is 20.1 Å². The highest BCUT2D eigenvalue weighted by atomic mass is 16.5. The number of rotatable bonds is 3. The number of carbonyl (C=O) groups is 1. The van der Waals surface area contributed by atoms with Gasteiger partial charge in [-0.15, -0.1) is 0 Å². The van der Waals surface area contributed by atoms with Crippen LogP contribution in [0.15, 0.2) is 10.6 Å². The minimum Gasteiger partial charge on any atom is -0.394 e. The fraction of sp³-hybridized carbons (Fsp3) is 0.667. The van der Waals surface area contributed by atoms with Crippen molar-refractivity contribution in [3.8, 4) is 0 Å². The fourth-order valence-electron chi connectivity index (χ4n) is 2.04. The van der Waals surface area contributed by atoms with Crippen molar-refractivity contribution in [1.29, 1.82) is 0 Å². The molecule has 0 aliphatic carbocycles. The second kappa shape index (κ2) is 4.82. The van der Waals surface area contributed by atoms with E-state index in [1.165, 1.54) is 4.90 Å². The number of amides is 2. The normalized spacial score (nSPS) is 23.8. The Labute approximate surface area is 111 Å². The summed E-state index contributed by atoms with van der Waals surface area (Å²) in [6.07, 6.45) is 0. The summed E-state index contributed by atoms with van der Waals surface area (Å²) in [5, 5.41) is 25.0. The first-order chi connectivity index (χ1) is 8.88. The summed E-state index contributed by atoms with van der Waals surface area (Å²) < 4.78 is 5.24. The Morgan fingerprint density at radius 2 is 2.11 bits per heavy atom. The molecule has 1 aliphatic rings. The van der Waals surface area contributed by atoms with Gasteiger partial charge in [-0.3, -0.25) is 4.90 Å². The van der Waals surface area contributed by atoms with Crippen LogP contribution < -0.4 is 10.2 Å². The minimum atomic E-state index is -0.546. The molecule has 0 spiro atoms. The van der Waals surface area contributed by atoms with Crippen molar-refractivity contribution < 1.29 is 19.5 Å². The molecule has 7 heteroatoms. The smallest absolute Gasteiger partial charge is 0.323 e. The lowest BCUT2D eigenvalue weighted by molar-refractivity contribution is 0.201. The van der Waals surface area contributed by atoms with Gasteiger partial charge in [0.15, 0.2) is 5.82 Å². The van der Waals surface area contributed by atoms with Crippen molar-refractivity contribution in [3.05, 3.63) is 11.8 Å². The van der Waals surface area contributed by atoms with E-state index < -0.39 is 18.1 Å². The molecule has 0 radical (unpaired) electrons. The zero-order valence-corrected chi connectivity index (χ0v) is 11.3. The predicted molar refractivity (Wildman–Crippen MR) is 68.0 cm³/mol. The van der Waals surface area contributed by atoms with Gasteiger partial charge in [-0.1, -0.05) is 25.9 Å². The van der Waals surface area contributed by atoms with Crippen LogP contribution in [0.1, 0.15) is 26.5 Å². The van der Waals surface area contributed by atoms with Crippen LogP contribution in [-0.2, 0) is 5.41 Å². The third kappa shape index (κ3) is 2.43. The van der Waals surface area contributed by atoms with E-state index in [4.69, 9.17) is 4.52 Å². The highest BCUT2D eigenvalue weighted by molar-refractivity contribution is 5.94. The number of aliphatic hydroxyl groups is 2. The molecule has 19 heavy (non-hydrogen) atoms. The number of nitrogens with zero attached hydrogens (tertiary/aromatic N) is 2. The third-order valence-corrected chi connectivity index (χ3v) is 3.19. The third-order valence-electron chi connectivity index (χ3n) is 3.19. The molecule has 2 rings (SSSR count). The molecule has 2 heterocycles. The Hall–Kier alpha value is -1.60. The first kappa shape index (κ1) is 13.8. The predicted octanol–water partition coefficient (Wildman–Crippen LogP) is 0.223. The molecular formula is C12H19N3O4. The van der Waals surface area contributed by atoms with Crippen LogP contribution in [-0.4, -0.2) is 46.7 Å². The van der Waals surface area contributed by atoms with E-state index in [-0.39, 0.29) is 18.6 Å². The number of hydrogen-bond donors (Lipinski definition) is 3. The van der Waals surface area contributed by atoms with Crippen LogP contribution in [0.25, 0.3) is 0 Å². The molecule has 106 valence electrons. The van der Waals surface area contributed by atoms with Crippen molar-refractivity contribution in [1.82, 2.24) is 10.5 Å². The van der Waals surface area contributed by atoms with Gasteiger partial charge in [0.1, 0.15) is 5.76 Å². The summed E-state index contributed by atoms with van der Waals surface area (Å²) in [5.74, 6) is 0.997. The quantitative estimate of drug-likeness (QED) is 0.729. The molecule has 1 aromatic rings. The summed E-state index contributed by atoms with van der Waals surface area (Å²) in [6.45, 7) is 5.42. The van der Waals surface area contributed by atoms with Gasteiger partial charge >= 0.3 is 6.03 Å². The zero-order chi connectivity index (χ0) is 14.2. The van der Waals surface area contributed by atoms with E-state index in [9.17, 15) is 15.0 Å². The molecule has 7 nitrogen and oxygen atoms in total. The van der Waals surface area contributed by atoms with Gasteiger partial charge in [-0.25, -0.2) is 4.79 Å². The van der Waals surface area contributed by atoms with Crippen LogP contribution in [0.5, 0.6) is 0 Å². The molecule has 0 aromatic carbocycles. The second-order valence-electron chi connectivity index (χ2n) is 5.66. The van der Waals surface area contributed by atoms with Gasteiger partial charge in [0.25, 0.3) is 0 Å². The summed E-state index contributed by atoms with van der Waals surface area (Å²) in [4.78, 5) is 13.2. The van der Waals surface area contributed by atoms with E-state index >= 15 is 0 Å². The lowest BCUT2D eigenvalue weighted by Crippen LogP contribution is -2.41. The highest BCUT2D eigenvalue weighted by Gasteiger charge is 2.41. The van der Waals surface area contributed by atoms with Crippen molar-refractivity contribution in [2.75, 3.05) is 18.1 Å². The lowest BCUT2D eigenvalue weighted by atomic mass is 9.93. The monoisotopic (exact) mass is 269 g/mol. The molecule has 1 aliphatic heterocycles. The topological polar surface area (TPSA) is 98.8 Å². The summed E-state index contributed by atoms with van der Waals surface area (Å²) in [6, 6.07) is 0.233. The van der Waals surface area contributed by atoms with Gasteiger partial charge in [0.2, 0.25) is 0 Å². The molecule has 1 aromatic heterocycles. The van der Waals surface area contributed by atoms with E-state index in [0.29, 0.717) is 11.6 Å². The standard InChI is InChI=1S/C12H19N3O4/c1-12(2,3)9-4-10(14-19-9)15-8(6-17)7(5-16)13-11(15)18/h4,7-8,16-17H,5-6H2,1-3H3,(H,13,18).